The summed E-state index contributed by atoms with van der Waals surface area (Å²) in [6, 6.07) is 3.92. The Hall–Kier alpha value is -5.48. The summed E-state index contributed by atoms with van der Waals surface area (Å²) in [5.74, 6) is -1.51. The van der Waals surface area contributed by atoms with Crippen molar-refractivity contribution in [3.8, 4) is 11.1 Å². The Bertz CT molecular complexity index is 2410. The van der Waals surface area contributed by atoms with Gasteiger partial charge in [0.1, 0.15) is 45.7 Å². The summed E-state index contributed by atoms with van der Waals surface area (Å²) >= 11 is 14.3. The Kier molecular flexibility index (Phi) is 16.1. The van der Waals surface area contributed by atoms with E-state index in [2.05, 4.69) is 10.6 Å². The number of rotatable bonds is 9. The highest BCUT2D eigenvalue weighted by Crippen LogP contribution is 2.41. The number of fused-ring (bicyclic) bond motifs is 2. The highest BCUT2D eigenvalue weighted by molar-refractivity contribution is 6.37. The summed E-state index contributed by atoms with van der Waals surface area (Å²) in [5, 5.41) is 6.46. The van der Waals surface area contributed by atoms with Crippen molar-refractivity contribution in [3.05, 3.63) is 57.8 Å². The second-order valence-corrected chi connectivity index (χ2v) is 23.4. The highest BCUT2D eigenvalue weighted by Gasteiger charge is 2.34. The highest BCUT2D eigenvalue weighted by atomic mass is 35.5. The fraction of sp³-hybridized carbons (Fsp3) is 0.560. The average Bonchev–Trinajstić information content (AvgIpc) is 3.62. The van der Waals surface area contributed by atoms with E-state index in [0.29, 0.717) is 44.1 Å². The Morgan fingerprint density at radius 2 is 0.735 bits per heavy atom. The molecule has 0 aliphatic heterocycles. The Morgan fingerprint density at radius 3 is 1.00 bits per heavy atom. The van der Waals surface area contributed by atoms with Gasteiger partial charge in [0, 0.05) is 47.1 Å². The van der Waals surface area contributed by atoms with Crippen LogP contribution in [0.3, 0.4) is 0 Å². The molecule has 0 saturated carbocycles. The average molecular weight is 988 g/mol. The van der Waals surface area contributed by atoms with Crippen LogP contribution in [-0.2, 0) is 50.9 Å². The number of hydrogen-bond acceptors (Lipinski definition) is 12. The topological polar surface area (TPSA) is 192 Å². The number of alkyl carbamates (subject to hydrolysis) is 2. The van der Waals surface area contributed by atoms with Crippen LogP contribution in [-0.4, -0.2) is 91.1 Å². The molecule has 2 atom stereocenters. The number of esters is 2. The molecule has 0 aliphatic carbocycles. The molecule has 2 amide bonds. The molecular formula is C50H68Cl2N4O12. The molecule has 0 unspecified atom stereocenters. The van der Waals surface area contributed by atoms with Crippen molar-refractivity contribution in [2.24, 2.45) is 0 Å². The number of hydrogen-bond donors (Lipinski definition) is 2. The van der Waals surface area contributed by atoms with Gasteiger partial charge in [0.25, 0.3) is 0 Å². The third kappa shape index (κ3) is 15.8. The molecule has 18 heteroatoms. The van der Waals surface area contributed by atoms with E-state index < -0.39 is 82.0 Å². The van der Waals surface area contributed by atoms with Gasteiger partial charge >= 0.3 is 36.3 Å². The standard InChI is InChI=1S/C50H68Cl2N4O12/c1-45(2,3)63-39(57)35(53-41(59)65-47(7,8)9)19-27-25-55(43(61)67-49(13,14)15)37-23-33(51)31(21-29(27)37)32-22-30-28(26-56(38(30)24-34(32)52)44(62)68-50(16,17)18)20-36(40(58)64-46(4,5)6)54-42(60)66-48(10,11)12/h21-26,35-36H,19-20H2,1-18H3,(H,53,59)(H,54,60)/t35-,36-/m0/s1. The van der Waals surface area contributed by atoms with E-state index in [0.717, 1.165) is 0 Å². The zero-order valence-corrected chi connectivity index (χ0v) is 44.1. The number of carbonyl (C=O) groups excluding carboxylic acids is 6. The zero-order valence-electron chi connectivity index (χ0n) is 42.6. The second kappa shape index (κ2) is 19.9. The van der Waals surface area contributed by atoms with E-state index in [-0.39, 0.29) is 22.9 Å². The SMILES string of the molecule is CC(C)(C)OC(=O)N[C@@H](Cc1cn(C(=O)OC(C)(C)C)c2cc(Cl)c(-c3cc4c(C[C@H](NC(=O)OC(C)(C)C)C(=O)OC(C)(C)C)cn(C(=O)OC(C)(C)C)c4cc3Cl)cc12)C(=O)OC(C)(C)C. The molecule has 374 valence electrons. The minimum absolute atomic E-state index is 0.148. The molecule has 2 aromatic heterocycles. The van der Waals surface area contributed by atoms with E-state index >= 15 is 0 Å². The molecule has 0 bridgehead atoms. The predicted octanol–water partition coefficient (Wildman–Crippen LogP) is 11.7. The monoisotopic (exact) mass is 986 g/mol. The van der Waals surface area contributed by atoms with Gasteiger partial charge in [-0.05, 0) is 160 Å². The van der Waals surface area contributed by atoms with Gasteiger partial charge < -0.3 is 39.1 Å². The molecular weight excluding hydrogens is 919 g/mol. The summed E-state index contributed by atoms with van der Waals surface area (Å²) in [4.78, 5) is 81.5. The molecule has 2 N–H and O–H groups in total. The van der Waals surface area contributed by atoms with E-state index in [1.54, 1.807) is 149 Å². The zero-order chi connectivity index (χ0) is 51.9. The fourth-order valence-electron chi connectivity index (χ4n) is 6.76. The lowest BCUT2D eigenvalue weighted by atomic mass is 9.97. The first-order chi connectivity index (χ1) is 30.7. The number of halogens is 2. The van der Waals surface area contributed by atoms with Crippen molar-refractivity contribution in [1.29, 1.82) is 0 Å². The molecule has 0 spiro atoms. The maximum Gasteiger partial charge on any atom is 0.419 e. The largest absolute Gasteiger partial charge is 0.458 e. The van der Waals surface area contributed by atoms with Crippen LogP contribution in [0.1, 0.15) is 136 Å². The van der Waals surface area contributed by atoms with Crippen molar-refractivity contribution in [2.75, 3.05) is 0 Å². The third-order valence-corrected chi connectivity index (χ3v) is 9.66. The van der Waals surface area contributed by atoms with Gasteiger partial charge in [-0.1, -0.05) is 23.2 Å². The molecule has 0 saturated heterocycles. The van der Waals surface area contributed by atoms with Crippen molar-refractivity contribution in [3.63, 3.8) is 0 Å². The fourth-order valence-corrected chi connectivity index (χ4v) is 7.28. The summed E-state index contributed by atoms with van der Waals surface area (Å²) in [7, 11) is 0. The molecule has 0 aliphatic rings. The summed E-state index contributed by atoms with van der Waals surface area (Å²) < 4.78 is 36.5. The summed E-state index contributed by atoms with van der Waals surface area (Å²) in [5.41, 5.74) is -3.22. The van der Waals surface area contributed by atoms with Crippen molar-refractivity contribution in [2.45, 2.75) is 183 Å². The van der Waals surface area contributed by atoms with E-state index in [9.17, 15) is 28.8 Å². The Balaban J connectivity index is 2.02. The molecule has 2 aromatic carbocycles. The summed E-state index contributed by atoms with van der Waals surface area (Å²) in [6.45, 7) is 30.6. The lowest BCUT2D eigenvalue weighted by Gasteiger charge is -2.26. The second-order valence-electron chi connectivity index (χ2n) is 22.6. The van der Waals surface area contributed by atoms with E-state index in [1.807, 2.05) is 0 Å². The number of ether oxygens (including phenoxy) is 6. The molecule has 4 rings (SSSR count). The van der Waals surface area contributed by atoms with Crippen molar-refractivity contribution >= 4 is 81.3 Å². The number of aromatic nitrogens is 2. The van der Waals surface area contributed by atoms with Gasteiger partial charge in [-0.15, -0.1) is 0 Å². The van der Waals surface area contributed by atoms with E-state index in [4.69, 9.17) is 51.6 Å². The first kappa shape index (κ1) is 55.1. The van der Waals surface area contributed by atoms with Gasteiger partial charge in [0.15, 0.2) is 0 Å². The lowest BCUT2D eigenvalue weighted by molar-refractivity contribution is -0.158. The molecule has 4 aromatic rings. The Morgan fingerprint density at radius 1 is 0.456 bits per heavy atom. The van der Waals surface area contributed by atoms with Crippen LogP contribution in [0.5, 0.6) is 0 Å². The molecule has 0 radical (unpaired) electrons. The van der Waals surface area contributed by atoms with Crippen LogP contribution < -0.4 is 10.6 Å². The number of carbonyl (C=O) groups is 6. The third-order valence-electron chi connectivity index (χ3n) is 9.03. The van der Waals surface area contributed by atoms with Crippen LogP contribution in [0.25, 0.3) is 32.9 Å². The smallest absolute Gasteiger partial charge is 0.419 e. The number of benzene rings is 2. The first-order valence-electron chi connectivity index (χ1n) is 22.3. The number of nitrogens with one attached hydrogen (secondary N) is 2. The maximum atomic E-state index is 13.8. The molecule has 68 heavy (non-hydrogen) atoms. The van der Waals surface area contributed by atoms with Gasteiger partial charge in [-0.2, -0.15) is 0 Å². The minimum Gasteiger partial charge on any atom is -0.458 e. The van der Waals surface area contributed by atoms with Crippen LogP contribution in [0.4, 0.5) is 19.2 Å². The van der Waals surface area contributed by atoms with Gasteiger partial charge in [0.2, 0.25) is 0 Å². The van der Waals surface area contributed by atoms with Gasteiger partial charge in [-0.25, -0.2) is 28.8 Å². The van der Waals surface area contributed by atoms with Gasteiger partial charge in [-0.3, -0.25) is 9.13 Å². The van der Waals surface area contributed by atoms with Crippen molar-refractivity contribution in [1.82, 2.24) is 19.8 Å². The molecule has 16 nitrogen and oxygen atoms in total. The molecule has 0 fully saturated rings. The van der Waals surface area contributed by atoms with Crippen LogP contribution in [0.15, 0.2) is 36.7 Å². The van der Waals surface area contributed by atoms with E-state index in [1.165, 1.54) is 21.5 Å². The molecule has 2 heterocycles. The Labute approximate surface area is 408 Å². The van der Waals surface area contributed by atoms with Crippen LogP contribution >= 0.6 is 23.2 Å². The predicted molar refractivity (Wildman–Crippen MR) is 262 cm³/mol. The lowest BCUT2D eigenvalue weighted by Crippen LogP contribution is -2.47. The minimum atomic E-state index is -1.29. The van der Waals surface area contributed by atoms with Crippen molar-refractivity contribution < 1.29 is 57.2 Å². The number of amides is 2. The van der Waals surface area contributed by atoms with Crippen LogP contribution in [0, 0.1) is 0 Å². The van der Waals surface area contributed by atoms with Gasteiger partial charge in [0.05, 0.1) is 21.1 Å². The maximum absolute atomic E-state index is 13.8. The van der Waals surface area contributed by atoms with Crippen LogP contribution in [0.2, 0.25) is 10.0 Å². The number of nitrogens with zero attached hydrogens (tertiary/aromatic N) is 2. The quantitative estimate of drug-likeness (QED) is 0.119. The summed E-state index contributed by atoms with van der Waals surface area (Å²) in [6.07, 6.45) is -0.537. The normalized spacial score (nSPS) is 13.6. The first-order valence-corrected chi connectivity index (χ1v) is 23.0.